The maximum absolute atomic E-state index is 12.2. The Morgan fingerprint density at radius 3 is 2.59 bits per heavy atom. The van der Waals surface area contributed by atoms with E-state index in [9.17, 15) is 4.79 Å². The van der Waals surface area contributed by atoms with Crippen LogP contribution in [0.5, 0.6) is 5.75 Å². The zero-order chi connectivity index (χ0) is 21.4. The fourth-order valence-electron chi connectivity index (χ4n) is 2.88. The lowest BCUT2D eigenvalue weighted by Gasteiger charge is -2.22. The van der Waals surface area contributed by atoms with E-state index in [0.717, 1.165) is 29.0 Å². The van der Waals surface area contributed by atoms with Gasteiger partial charge in [0, 0.05) is 18.5 Å². The Hall–Kier alpha value is -2.70. The van der Waals surface area contributed by atoms with Gasteiger partial charge in [-0.25, -0.2) is 0 Å². The van der Waals surface area contributed by atoms with Crippen LogP contribution in [0.4, 0.5) is 0 Å². The van der Waals surface area contributed by atoms with Crippen molar-refractivity contribution in [1.29, 1.82) is 0 Å². The van der Waals surface area contributed by atoms with E-state index >= 15 is 0 Å². The number of para-hydroxylation sites is 1. The normalized spacial score (nSPS) is 13.2. The topological polar surface area (TPSA) is 87.9 Å². The minimum atomic E-state index is -0.590. The molecule has 1 amide bonds. The van der Waals surface area contributed by atoms with Crippen LogP contribution in [0.1, 0.15) is 53.3 Å². The van der Waals surface area contributed by atoms with E-state index in [1.807, 2.05) is 65.8 Å². The summed E-state index contributed by atoms with van der Waals surface area (Å²) in [6.45, 7) is 13.9. The Bertz CT molecular complexity index is 842. The number of rotatable bonds is 9. The van der Waals surface area contributed by atoms with Gasteiger partial charge in [0.15, 0.2) is 17.3 Å². The largest absolute Gasteiger partial charge is 0.490 e. The van der Waals surface area contributed by atoms with Gasteiger partial charge in [0.2, 0.25) is 5.91 Å². The molecular formula is C22H34N4O3. The minimum absolute atomic E-state index is 0.00613. The molecule has 0 radical (unpaired) electrons. The maximum Gasteiger partial charge on any atom is 0.227 e. The molecule has 29 heavy (non-hydrogen) atoms. The van der Waals surface area contributed by atoms with E-state index in [1.54, 1.807) is 0 Å². The lowest BCUT2D eigenvalue weighted by molar-refractivity contribution is -0.128. The van der Waals surface area contributed by atoms with Crippen LogP contribution in [-0.2, 0) is 4.79 Å². The monoisotopic (exact) mass is 402 g/mol. The molecule has 7 heteroatoms. The van der Waals surface area contributed by atoms with Crippen LogP contribution in [0, 0.1) is 5.41 Å². The first-order valence-corrected chi connectivity index (χ1v) is 10.3. The molecule has 1 atom stereocenters. The van der Waals surface area contributed by atoms with Crippen molar-refractivity contribution in [2.24, 2.45) is 10.4 Å². The highest BCUT2D eigenvalue weighted by atomic mass is 16.5. The molecule has 0 saturated carbocycles. The molecule has 1 aromatic carbocycles. The number of aliphatic imine (C=N–C) groups is 1. The van der Waals surface area contributed by atoms with Gasteiger partial charge in [0.05, 0.1) is 24.6 Å². The van der Waals surface area contributed by atoms with Crippen LogP contribution in [0.15, 0.2) is 33.7 Å². The molecule has 0 saturated heterocycles. The van der Waals surface area contributed by atoms with Gasteiger partial charge in [-0.1, -0.05) is 12.1 Å². The standard InChI is InChI=1S/C22H34N4O3/c1-7-23-20(27)22(5,6)14-25-21(24-8-2)26-15(4)18-13-16-11-10-12-17(28-9-3)19(16)29-18/h10-13,15H,7-9,14H2,1-6H3,(H,23,27)(H2,24,25,26). The molecule has 0 spiro atoms. The van der Waals surface area contributed by atoms with E-state index in [1.165, 1.54) is 0 Å². The van der Waals surface area contributed by atoms with Gasteiger partial charge in [-0.3, -0.25) is 9.79 Å². The molecule has 0 aliphatic heterocycles. The maximum atomic E-state index is 12.2. The van der Waals surface area contributed by atoms with E-state index in [2.05, 4.69) is 20.9 Å². The van der Waals surface area contributed by atoms with Crippen LogP contribution in [0.25, 0.3) is 11.0 Å². The van der Waals surface area contributed by atoms with Crippen molar-refractivity contribution in [2.45, 2.75) is 47.6 Å². The summed E-state index contributed by atoms with van der Waals surface area (Å²) in [7, 11) is 0. The van der Waals surface area contributed by atoms with Crippen LogP contribution < -0.4 is 20.7 Å². The SMILES string of the molecule is CCNC(=O)C(C)(C)CN=C(NCC)NC(C)c1cc2cccc(OCC)c2o1. The molecular weight excluding hydrogens is 368 g/mol. The smallest absolute Gasteiger partial charge is 0.227 e. The number of benzene rings is 1. The summed E-state index contributed by atoms with van der Waals surface area (Å²) in [5.74, 6) is 2.17. The lowest BCUT2D eigenvalue weighted by Crippen LogP contribution is -2.42. The third kappa shape index (κ3) is 5.89. The molecule has 1 aromatic heterocycles. The summed E-state index contributed by atoms with van der Waals surface area (Å²) in [6.07, 6.45) is 0. The molecule has 0 aliphatic rings. The number of guanidine groups is 1. The highest BCUT2D eigenvalue weighted by Gasteiger charge is 2.27. The number of nitrogens with zero attached hydrogens (tertiary/aromatic N) is 1. The van der Waals surface area contributed by atoms with E-state index in [4.69, 9.17) is 9.15 Å². The summed E-state index contributed by atoms with van der Waals surface area (Å²) in [5, 5.41) is 10.5. The number of hydrogen-bond donors (Lipinski definition) is 3. The Morgan fingerprint density at radius 2 is 1.93 bits per heavy atom. The zero-order valence-electron chi connectivity index (χ0n) is 18.4. The Balaban J connectivity index is 2.16. The number of fused-ring (bicyclic) bond motifs is 1. The third-order valence-corrected chi connectivity index (χ3v) is 4.54. The van der Waals surface area contributed by atoms with E-state index in [0.29, 0.717) is 25.7 Å². The fourth-order valence-corrected chi connectivity index (χ4v) is 2.88. The van der Waals surface area contributed by atoms with Gasteiger partial charge in [0.25, 0.3) is 0 Å². The molecule has 2 aromatic rings. The van der Waals surface area contributed by atoms with Gasteiger partial charge in [-0.2, -0.15) is 0 Å². The van der Waals surface area contributed by atoms with Crippen molar-refractivity contribution in [2.75, 3.05) is 26.2 Å². The van der Waals surface area contributed by atoms with Crippen LogP contribution in [-0.4, -0.2) is 38.1 Å². The summed E-state index contributed by atoms with van der Waals surface area (Å²) in [5.41, 5.74) is 0.158. The van der Waals surface area contributed by atoms with E-state index in [-0.39, 0.29) is 11.9 Å². The number of carbonyl (C=O) groups is 1. The number of hydrogen-bond acceptors (Lipinski definition) is 4. The van der Waals surface area contributed by atoms with E-state index < -0.39 is 5.41 Å². The number of furan rings is 1. The lowest BCUT2D eigenvalue weighted by atomic mass is 9.92. The molecule has 0 aliphatic carbocycles. The van der Waals surface area contributed by atoms with Crippen molar-refractivity contribution in [1.82, 2.24) is 16.0 Å². The molecule has 2 rings (SSSR count). The molecule has 160 valence electrons. The number of nitrogens with one attached hydrogen (secondary N) is 3. The van der Waals surface area contributed by atoms with Crippen molar-refractivity contribution in [3.63, 3.8) is 0 Å². The number of carbonyl (C=O) groups excluding carboxylic acids is 1. The Kier molecular flexibility index (Phi) is 7.93. The first-order valence-electron chi connectivity index (χ1n) is 10.3. The van der Waals surface area contributed by atoms with Crippen molar-refractivity contribution < 1.29 is 13.9 Å². The molecule has 3 N–H and O–H groups in total. The zero-order valence-corrected chi connectivity index (χ0v) is 18.4. The predicted octanol–water partition coefficient (Wildman–Crippen LogP) is 3.61. The average molecular weight is 403 g/mol. The highest BCUT2D eigenvalue weighted by Crippen LogP contribution is 2.31. The molecule has 1 heterocycles. The summed E-state index contributed by atoms with van der Waals surface area (Å²) < 4.78 is 11.7. The molecule has 7 nitrogen and oxygen atoms in total. The first kappa shape index (κ1) is 22.6. The Morgan fingerprint density at radius 1 is 1.21 bits per heavy atom. The first-order chi connectivity index (χ1) is 13.8. The third-order valence-electron chi connectivity index (χ3n) is 4.54. The molecule has 0 fully saturated rings. The van der Waals surface area contributed by atoms with Crippen LogP contribution in [0.3, 0.4) is 0 Å². The van der Waals surface area contributed by atoms with Gasteiger partial charge in [-0.05, 0) is 53.7 Å². The fraction of sp³-hybridized carbons (Fsp3) is 0.545. The summed E-state index contributed by atoms with van der Waals surface area (Å²) in [6, 6.07) is 7.78. The highest BCUT2D eigenvalue weighted by molar-refractivity contribution is 5.85. The van der Waals surface area contributed by atoms with Gasteiger partial charge in [0.1, 0.15) is 5.76 Å². The van der Waals surface area contributed by atoms with Crippen molar-refractivity contribution in [3.8, 4) is 5.75 Å². The quantitative estimate of drug-likeness (QED) is 0.440. The van der Waals surface area contributed by atoms with Gasteiger partial charge in [-0.15, -0.1) is 0 Å². The average Bonchev–Trinajstić information content (AvgIpc) is 3.12. The second-order valence-corrected chi connectivity index (χ2v) is 7.56. The summed E-state index contributed by atoms with van der Waals surface area (Å²) in [4.78, 5) is 16.8. The minimum Gasteiger partial charge on any atom is -0.490 e. The Labute approximate surface area is 173 Å². The summed E-state index contributed by atoms with van der Waals surface area (Å²) >= 11 is 0. The second kappa shape index (κ2) is 10.2. The number of ether oxygens (including phenoxy) is 1. The van der Waals surface area contributed by atoms with Crippen molar-refractivity contribution in [3.05, 3.63) is 30.0 Å². The van der Waals surface area contributed by atoms with Gasteiger partial charge < -0.3 is 25.1 Å². The predicted molar refractivity (Wildman–Crippen MR) is 117 cm³/mol. The molecule has 0 bridgehead atoms. The van der Waals surface area contributed by atoms with Gasteiger partial charge >= 0.3 is 0 Å². The van der Waals surface area contributed by atoms with Crippen molar-refractivity contribution >= 4 is 22.8 Å². The second-order valence-electron chi connectivity index (χ2n) is 7.56. The van der Waals surface area contributed by atoms with Crippen LogP contribution >= 0.6 is 0 Å². The van der Waals surface area contributed by atoms with Crippen LogP contribution in [0.2, 0.25) is 0 Å². The number of amides is 1. The molecule has 1 unspecified atom stereocenters.